The first-order valence-electron chi connectivity index (χ1n) is 17.3. The maximum atomic E-state index is 13.1. The van der Waals surface area contributed by atoms with Crippen LogP contribution in [0.1, 0.15) is 58.0 Å². The number of nitrogens with zero attached hydrogens (tertiary/aromatic N) is 7. The van der Waals surface area contributed by atoms with Gasteiger partial charge in [-0.3, -0.25) is 9.46 Å². The van der Waals surface area contributed by atoms with Gasteiger partial charge in [-0.05, 0) is 89.4 Å². The molecular formula is C37H48N7O3P. The van der Waals surface area contributed by atoms with Gasteiger partial charge >= 0.3 is 7.60 Å². The summed E-state index contributed by atoms with van der Waals surface area (Å²) in [5, 5.41) is 0. The van der Waals surface area contributed by atoms with E-state index in [1.54, 1.807) is 6.92 Å². The van der Waals surface area contributed by atoms with Gasteiger partial charge in [0, 0.05) is 26.1 Å². The summed E-state index contributed by atoms with van der Waals surface area (Å²) in [4.78, 5) is 28.2. The molecular weight excluding hydrogens is 621 g/mol. The van der Waals surface area contributed by atoms with Crippen LogP contribution in [0.4, 0.5) is 0 Å². The van der Waals surface area contributed by atoms with Crippen LogP contribution in [0.5, 0.6) is 0 Å². The van der Waals surface area contributed by atoms with E-state index in [2.05, 4.69) is 81.8 Å². The number of aryl methyl sites for hydroxylation is 3. The van der Waals surface area contributed by atoms with E-state index in [9.17, 15) is 9.46 Å². The number of benzene rings is 3. The van der Waals surface area contributed by atoms with Gasteiger partial charge in [0.15, 0.2) is 0 Å². The van der Waals surface area contributed by atoms with Crippen LogP contribution in [-0.4, -0.2) is 57.8 Å². The van der Waals surface area contributed by atoms with Crippen molar-refractivity contribution < 1.29 is 14.0 Å². The Morgan fingerprint density at radius 1 is 0.708 bits per heavy atom. The van der Waals surface area contributed by atoms with E-state index in [-0.39, 0.29) is 18.7 Å². The van der Waals surface area contributed by atoms with Crippen molar-refractivity contribution in [2.45, 2.75) is 79.7 Å². The van der Waals surface area contributed by atoms with Gasteiger partial charge in [0.2, 0.25) is 0 Å². The molecule has 48 heavy (non-hydrogen) atoms. The molecule has 3 heterocycles. The molecule has 2 unspecified atom stereocenters. The average Bonchev–Trinajstić information content (AvgIpc) is 3.73. The fraction of sp³-hybridized carbons (Fsp3) is 0.432. The highest BCUT2D eigenvalue weighted by Gasteiger charge is 2.27. The van der Waals surface area contributed by atoms with Crippen molar-refractivity contribution in [2.24, 2.45) is 5.92 Å². The van der Waals surface area contributed by atoms with Crippen LogP contribution in [-0.2, 0) is 48.2 Å². The van der Waals surface area contributed by atoms with Crippen LogP contribution in [0, 0.1) is 5.92 Å². The molecule has 1 N–H and O–H groups in total. The van der Waals surface area contributed by atoms with Crippen molar-refractivity contribution in [2.75, 3.05) is 19.3 Å². The summed E-state index contributed by atoms with van der Waals surface area (Å²) in [6.45, 7) is 13.0. The number of fused-ring (bicyclic) bond motifs is 3. The van der Waals surface area contributed by atoms with E-state index >= 15 is 0 Å². The molecule has 11 heteroatoms. The van der Waals surface area contributed by atoms with Crippen LogP contribution >= 0.6 is 7.60 Å². The summed E-state index contributed by atoms with van der Waals surface area (Å²) in [7, 11) is -3.75. The van der Waals surface area contributed by atoms with Crippen LogP contribution < -0.4 is 0 Å². The quantitative estimate of drug-likeness (QED) is 0.0995. The summed E-state index contributed by atoms with van der Waals surface area (Å²) in [5.41, 5.74) is 6.34. The predicted molar refractivity (Wildman–Crippen MR) is 193 cm³/mol. The van der Waals surface area contributed by atoms with Gasteiger partial charge in [0.05, 0.1) is 59.0 Å². The second-order valence-corrected chi connectivity index (χ2v) is 14.3. The number of para-hydroxylation sites is 6. The third-order valence-corrected chi connectivity index (χ3v) is 10.9. The molecule has 3 aromatic carbocycles. The lowest BCUT2D eigenvalue weighted by molar-refractivity contribution is 0.226. The molecule has 3 aromatic heterocycles. The molecule has 0 fully saturated rings. The zero-order chi connectivity index (χ0) is 33.7. The highest BCUT2D eigenvalue weighted by atomic mass is 31.2. The highest BCUT2D eigenvalue weighted by Crippen LogP contribution is 2.45. The maximum Gasteiger partial charge on any atom is 0.328 e. The van der Waals surface area contributed by atoms with Gasteiger partial charge in [-0.2, -0.15) is 0 Å². The SMILES string of the molecule is CCOP(=O)(O)CC(CCCN(Cc1nc2ccccc2n1CC)Cc1nc2ccccc2n1CC)Cc1nc2ccccc2n1CC. The second kappa shape index (κ2) is 15.2. The summed E-state index contributed by atoms with van der Waals surface area (Å²) in [6.07, 6.45) is 2.31. The molecule has 6 aromatic rings. The van der Waals surface area contributed by atoms with Crippen molar-refractivity contribution in [3.05, 3.63) is 90.3 Å². The summed E-state index contributed by atoms with van der Waals surface area (Å²) in [6, 6.07) is 24.8. The Balaban J connectivity index is 1.27. The van der Waals surface area contributed by atoms with Crippen molar-refractivity contribution >= 4 is 40.7 Å². The van der Waals surface area contributed by atoms with Crippen LogP contribution in [0.2, 0.25) is 0 Å². The molecule has 6 rings (SSSR count). The molecule has 0 aliphatic heterocycles. The van der Waals surface area contributed by atoms with E-state index in [0.29, 0.717) is 19.5 Å². The number of rotatable bonds is 17. The minimum atomic E-state index is -3.75. The first-order chi connectivity index (χ1) is 23.3. The Morgan fingerprint density at radius 2 is 1.15 bits per heavy atom. The van der Waals surface area contributed by atoms with Crippen LogP contribution in [0.15, 0.2) is 72.8 Å². The van der Waals surface area contributed by atoms with E-state index in [4.69, 9.17) is 19.5 Å². The van der Waals surface area contributed by atoms with Crippen molar-refractivity contribution in [1.29, 1.82) is 0 Å². The Hall–Kier alpha value is -3.82. The van der Waals surface area contributed by atoms with E-state index in [1.807, 2.05) is 30.3 Å². The van der Waals surface area contributed by atoms with E-state index in [1.165, 1.54) is 0 Å². The third kappa shape index (κ3) is 7.42. The smallest absolute Gasteiger partial charge is 0.328 e. The van der Waals surface area contributed by atoms with Gasteiger partial charge in [-0.15, -0.1) is 0 Å². The Morgan fingerprint density at radius 3 is 1.60 bits per heavy atom. The minimum Gasteiger partial charge on any atom is -0.328 e. The van der Waals surface area contributed by atoms with E-state index < -0.39 is 7.60 Å². The molecule has 0 radical (unpaired) electrons. The topological polar surface area (TPSA) is 103 Å². The fourth-order valence-electron chi connectivity index (χ4n) is 7.15. The van der Waals surface area contributed by atoms with Crippen molar-refractivity contribution in [3.63, 3.8) is 0 Å². The monoisotopic (exact) mass is 669 g/mol. The molecule has 10 nitrogen and oxygen atoms in total. The lowest BCUT2D eigenvalue weighted by Crippen LogP contribution is -2.28. The van der Waals surface area contributed by atoms with Crippen LogP contribution in [0.3, 0.4) is 0 Å². The van der Waals surface area contributed by atoms with Crippen molar-refractivity contribution in [3.8, 4) is 0 Å². The molecule has 2 atom stereocenters. The Labute approximate surface area is 282 Å². The molecule has 0 bridgehead atoms. The number of hydrogen-bond donors (Lipinski definition) is 1. The molecule has 0 aliphatic carbocycles. The lowest BCUT2D eigenvalue weighted by atomic mass is 10.0. The van der Waals surface area contributed by atoms with Gasteiger partial charge < -0.3 is 23.1 Å². The third-order valence-electron chi connectivity index (χ3n) is 9.26. The van der Waals surface area contributed by atoms with Gasteiger partial charge in [0.1, 0.15) is 17.5 Å². The Kier molecular flexibility index (Phi) is 10.8. The lowest BCUT2D eigenvalue weighted by Gasteiger charge is -2.25. The van der Waals surface area contributed by atoms with Gasteiger partial charge in [0.25, 0.3) is 0 Å². The molecule has 0 amide bonds. The highest BCUT2D eigenvalue weighted by molar-refractivity contribution is 7.52. The summed E-state index contributed by atoms with van der Waals surface area (Å²) < 4.78 is 25.3. The average molecular weight is 670 g/mol. The fourth-order valence-corrected chi connectivity index (χ4v) is 8.62. The number of imidazole rings is 3. The summed E-state index contributed by atoms with van der Waals surface area (Å²) in [5.74, 6) is 2.94. The minimum absolute atomic E-state index is 0.0724. The van der Waals surface area contributed by atoms with E-state index in [0.717, 1.165) is 89.6 Å². The summed E-state index contributed by atoms with van der Waals surface area (Å²) >= 11 is 0. The molecule has 0 spiro atoms. The molecule has 0 saturated heterocycles. The Bertz CT molecular complexity index is 1950. The normalized spacial score (nSPS) is 14.0. The first-order valence-corrected chi connectivity index (χ1v) is 19.1. The largest absolute Gasteiger partial charge is 0.328 e. The number of aromatic nitrogens is 6. The molecule has 0 saturated carbocycles. The van der Waals surface area contributed by atoms with Crippen molar-refractivity contribution in [1.82, 2.24) is 33.6 Å². The predicted octanol–water partition coefficient (Wildman–Crippen LogP) is 7.66. The molecule has 0 aliphatic rings. The maximum absolute atomic E-state index is 13.1. The molecule has 254 valence electrons. The number of hydrogen-bond acceptors (Lipinski definition) is 6. The zero-order valence-electron chi connectivity index (χ0n) is 28.6. The van der Waals surface area contributed by atoms with Gasteiger partial charge in [-0.25, -0.2) is 15.0 Å². The second-order valence-electron chi connectivity index (χ2n) is 12.4. The zero-order valence-corrected chi connectivity index (χ0v) is 29.5. The first kappa shape index (κ1) is 34.1. The standard InChI is InChI=1S/C37H48N7O3P/c1-5-42-32-20-12-9-17-29(32)38-35(42)24-28(27-48(45,46)47-8-4)16-15-23-41(25-36-39-30-18-10-13-21-33(30)43(36)6-2)26-37-40-31-19-11-14-22-34(31)44(37)7-3/h9-14,17-22,28H,5-8,15-16,23-27H2,1-4H3,(H,45,46). The van der Waals surface area contributed by atoms with Gasteiger partial charge in [-0.1, -0.05) is 36.4 Å². The van der Waals surface area contributed by atoms with Crippen LogP contribution in [0.25, 0.3) is 33.1 Å².